The fourth-order valence-electron chi connectivity index (χ4n) is 1.47. The highest BCUT2D eigenvalue weighted by Gasteiger charge is 2.04. The topological polar surface area (TPSA) is 37.8 Å². The summed E-state index contributed by atoms with van der Waals surface area (Å²) in [6, 6.07) is 5.65. The van der Waals surface area contributed by atoms with E-state index in [1.165, 1.54) is 0 Å². The van der Waals surface area contributed by atoms with E-state index in [-0.39, 0.29) is 0 Å². The van der Waals surface area contributed by atoms with Crippen molar-refractivity contribution in [2.24, 2.45) is 5.92 Å². The zero-order valence-electron chi connectivity index (χ0n) is 9.37. The minimum atomic E-state index is 0.581. The quantitative estimate of drug-likeness (QED) is 0.887. The Kier molecular flexibility index (Phi) is 3.25. The lowest BCUT2D eigenvalue weighted by Crippen LogP contribution is -2.09. The predicted molar refractivity (Wildman–Crippen MR) is 67.9 cm³/mol. The minimum Gasteiger partial charge on any atom is -0.369 e. The molecule has 0 spiro atoms. The van der Waals surface area contributed by atoms with Crippen LogP contribution in [-0.2, 0) is 0 Å². The number of hydrogen-bond acceptors (Lipinski definition) is 3. The molecule has 1 aromatic carbocycles. The van der Waals surface area contributed by atoms with E-state index in [0.29, 0.717) is 10.9 Å². The second kappa shape index (κ2) is 4.66. The summed E-state index contributed by atoms with van der Waals surface area (Å²) in [6.07, 6.45) is 1.56. The van der Waals surface area contributed by atoms with E-state index in [0.717, 1.165) is 23.3 Å². The van der Waals surface area contributed by atoms with Gasteiger partial charge < -0.3 is 5.32 Å². The first-order chi connectivity index (χ1) is 7.66. The molecule has 16 heavy (non-hydrogen) atoms. The van der Waals surface area contributed by atoms with Gasteiger partial charge in [-0.05, 0) is 24.1 Å². The van der Waals surface area contributed by atoms with Crippen LogP contribution in [0.2, 0.25) is 5.02 Å². The van der Waals surface area contributed by atoms with E-state index < -0.39 is 0 Å². The Bertz CT molecular complexity index is 497. The van der Waals surface area contributed by atoms with Gasteiger partial charge >= 0.3 is 0 Å². The Morgan fingerprint density at radius 1 is 1.31 bits per heavy atom. The van der Waals surface area contributed by atoms with Gasteiger partial charge in [-0.15, -0.1) is 0 Å². The largest absolute Gasteiger partial charge is 0.369 e. The maximum absolute atomic E-state index is 5.92. The van der Waals surface area contributed by atoms with Crippen molar-refractivity contribution in [2.45, 2.75) is 13.8 Å². The molecule has 0 saturated carbocycles. The molecule has 1 N–H and O–H groups in total. The molecule has 0 amide bonds. The molecule has 0 bridgehead atoms. The van der Waals surface area contributed by atoms with Crippen molar-refractivity contribution in [2.75, 3.05) is 11.9 Å². The number of nitrogens with zero attached hydrogens (tertiary/aromatic N) is 2. The van der Waals surface area contributed by atoms with Crippen molar-refractivity contribution in [3.63, 3.8) is 0 Å². The first-order valence-electron chi connectivity index (χ1n) is 5.31. The van der Waals surface area contributed by atoms with Crippen molar-refractivity contribution in [1.29, 1.82) is 0 Å². The monoisotopic (exact) mass is 235 g/mol. The Balaban J connectivity index is 2.38. The molecule has 0 aliphatic rings. The standard InChI is InChI=1S/C12H14ClN3/c1-8(2)6-14-12-10-4-3-9(13)5-11(10)15-7-16-12/h3-5,7-8H,6H2,1-2H3,(H,14,15,16). The Labute approximate surface area is 99.9 Å². The molecule has 0 fully saturated rings. The zero-order valence-corrected chi connectivity index (χ0v) is 10.1. The van der Waals surface area contributed by atoms with E-state index in [9.17, 15) is 0 Å². The van der Waals surface area contributed by atoms with E-state index in [2.05, 4.69) is 29.1 Å². The van der Waals surface area contributed by atoms with Gasteiger partial charge in [-0.2, -0.15) is 0 Å². The van der Waals surface area contributed by atoms with Crippen LogP contribution >= 0.6 is 11.6 Å². The van der Waals surface area contributed by atoms with Crippen molar-refractivity contribution in [3.8, 4) is 0 Å². The number of nitrogens with one attached hydrogen (secondary N) is 1. The average molecular weight is 236 g/mol. The minimum absolute atomic E-state index is 0.581. The zero-order chi connectivity index (χ0) is 11.5. The molecule has 0 aliphatic carbocycles. The number of benzene rings is 1. The number of hydrogen-bond donors (Lipinski definition) is 1. The summed E-state index contributed by atoms with van der Waals surface area (Å²) in [5.41, 5.74) is 0.869. The van der Waals surface area contributed by atoms with Gasteiger partial charge in [-0.1, -0.05) is 25.4 Å². The third kappa shape index (κ3) is 2.42. The number of anilines is 1. The number of rotatable bonds is 3. The Morgan fingerprint density at radius 3 is 2.88 bits per heavy atom. The summed E-state index contributed by atoms with van der Waals surface area (Å²) < 4.78 is 0. The third-order valence-corrected chi connectivity index (χ3v) is 2.51. The average Bonchev–Trinajstić information content (AvgIpc) is 2.25. The first-order valence-corrected chi connectivity index (χ1v) is 5.69. The molecule has 1 heterocycles. The summed E-state index contributed by atoms with van der Waals surface area (Å²) >= 11 is 5.92. The fraction of sp³-hybridized carbons (Fsp3) is 0.333. The summed E-state index contributed by atoms with van der Waals surface area (Å²) in [5, 5.41) is 5.01. The van der Waals surface area contributed by atoms with Crippen molar-refractivity contribution in [1.82, 2.24) is 9.97 Å². The van der Waals surface area contributed by atoms with Gasteiger partial charge in [0.25, 0.3) is 0 Å². The molecule has 2 aromatic rings. The van der Waals surface area contributed by atoms with Crippen molar-refractivity contribution >= 4 is 28.3 Å². The molecule has 1 aromatic heterocycles. The molecule has 0 atom stereocenters. The Hall–Kier alpha value is -1.35. The highest BCUT2D eigenvalue weighted by atomic mass is 35.5. The molecular formula is C12H14ClN3. The molecule has 3 nitrogen and oxygen atoms in total. The normalized spacial score (nSPS) is 11.0. The lowest BCUT2D eigenvalue weighted by Gasteiger charge is -2.10. The fourth-order valence-corrected chi connectivity index (χ4v) is 1.64. The molecule has 4 heteroatoms. The van der Waals surface area contributed by atoms with Gasteiger partial charge in [0, 0.05) is 17.0 Å². The Morgan fingerprint density at radius 2 is 2.12 bits per heavy atom. The molecular weight excluding hydrogens is 222 g/mol. The summed E-state index contributed by atoms with van der Waals surface area (Å²) in [7, 11) is 0. The van der Waals surface area contributed by atoms with Gasteiger partial charge in [-0.3, -0.25) is 0 Å². The SMILES string of the molecule is CC(C)CNc1ncnc2cc(Cl)ccc12. The van der Waals surface area contributed by atoms with Crippen LogP contribution in [0.3, 0.4) is 0 Å². The maximum Gasteiger partial charge on any atom is 0.137 e. The van der Waals surface area contributed by atoms with E-state index >= 15 is 0 Å². The van der Waals surface area contributed by atoms with Crippen LogP contribution in [0.4, 0.5) is 5.82 Å². The van der Waals surface area contributed by atoms with Crippen LogP contribution in [0.15, 0.2) is 24.5 Å². The van der Waals surface area contributed by atoms with Crippen LogP contribution in [0, 0.1) is 5.92 Å². The van der Waals surface area contributed by atoms with Gasteiger partial charge in [0.1, 0.15) is 12.1 Å². The molecule has 84 valence electrons. The summed E-state index contributed by atoms with van der Waals surface area (Å²) in [4.78, 5) is 8.44. The number of halogens is 1. The van der Waals surface area contributed by atoms with Crippen LogP contribution in [-0.4, -0.2) is 16.5 Å². The highest BCUT2D eigenvalue weighted by molar-refractivity contribution is 6.31. The van der Waals surface area contributed by atoms with E-state index in [4.69, 9.17) is 11.6 Å². The first kappa shape index (κ1) is 11.1. The summed E-state index contributed by atoms with van der Waals surface area (Å²) in [6.45, 7) is 5.22. The molecule has 0 aliphatic heterocycles. The predicted octanol–water partition coefficient (Wildman–Crippen LogP) is 3.35. The molecule has 0 radical (unpaired) electrons. The third-order valence-electron chi connectivity index (χ3n) is 2.28. The number of aromatic nitrogens is 2. The van der Waals surface area contributed by atoms with Gasteiger partial charge in [0.15, 0.2) is 0 Å². The van der Waals surface area contributed by atoms with E-state index in [1.54, 1.807) is 6.33 Å². The van der Waals surface area contributed by atoms with Crippen LogP contribution in [0.25, 0.3) is 10.9 Å². The molecule has 2 rings (SSSR count). The molecule has 0 unspecified atom stereocenters. The van der Waals surface area contributed by atoms with Crippen molar-refractivity contribution in [3.05, 3.63) is 29.5 Å². The van der Waals surface area contributed by atoms with Crippen LogP contribution < -0.4 is 5.32 Å². The van der Waals surface area contributed by atoms with E-state index in [1.807, 2.05) is 18.2 Å². The number of fused-ring (bicyclic) bond motifs is 1. The van der Waals surface area contributed by atoms with Gasteiger partial charge in [0.2, 0.25) is 0 Å². The second-order valence-electron chi connectivity index (χ2n) is 4.16. The van der Waals surface area contributed by atoms with Gasteiger partial charge in [-0.25, -0.2) is 9.97 Å². The van der Waals surface area contributed by atoms with Crippen LogP contribution in [0.1, 0.15) is 13.8 Å². The second-order valence-corrected chi connectivity index (χ2v) is 4.59. The summed E-state index contributed by atoms with van der Waals surface area (Å²) in [5.74, 6) is 1.45. The maximum atomic E-state index is 5.92. The van der Waals surface area contributed by atoms with Crippen LogP contribution in [0.5, 0.6) is 0 Å². The van der Waals surface area contributed by atoms with Gasteiger partial charge in [0.05, 0.1) is 5.52 Å². The lowest BCUT2D eigenvalue weighted by atomic mass is 10.2. The molecule has 0 saturated heterocycles. The smallest absolute Gasteiger partial charge is 0.137 e. The lowest BCUT2D eigenvalue weighted by molar-refractivity contribution is 0.687. The highest BCUT2D eigenvalue weighted by Crippen LogP contribution is 2.22. The van der Waals surface area contributed by atoms with Crippen molar-refractivity contribution < 1.29 is 0 Å².